The molecule has 0 spiro atoms. The molecule has 1 saturated heterocycles. The summed E-state index contributed by atoms with van der Waals surface area (Å²) in [4.78, 5) is 0. The van der Waals surface area contributed by atoms with E-state index in [-0.39, 0.29) is 5.03 Å². The Hall–Kier alpha value is -0.920. The molecule has 0 saturated carbocycles. The molecule has 1 aliphatic heterocycles. The second-order valence-corrected chi connectivity index (χ2v) is 5.89. The van der Waals surface area contributed by atoms with E-state index in [4.69, 9.17) is 4.74 Å². The molecule has 2 N–H and O–H groups in total. The van der Waals surface area contributed by atoms with Gasteiger partial charge in [0.1, 0.15) is 0 Å². The maximum atomic E-state index is 11.9. The molecule has 0 radical (unpaired) electrons. The van der Waals surface area contributed by atoms with Crippen LogP contribution in [0.3, 0.4) is 0 Å². The van der Waals surface area contributed by atoms with E-state index in [1.165, 1.54) is 12.3 Å². The maximum absolute atomic E-state index is 11.9. The van der Waals surface area contributed by atoms with E-state index in [9.17, 15) is 8.42 Å². The molecule has 1 atom stereocenters. The number of ether oxygens (including phenoxy) is 1. The number of sulfonamides is 1. The first-order valence-electron chi connectivity index (χ1n) is 5.13. The zero-order valence-corrected chi connectivity index (χ0v) is 9.88. The first-order chi connectivity index (χ1) is 7.52. The third kappa shape index (κ3) is 2.42. The van der Waals surface area contributed by atoms with Crippen molar-refractivity contribution in [1.29, 1.82) is 0 Å². The molecule has 0 aromatic carbocycles. The molecule has 6 nitrogen and oxygen atoms in total. The highest BCUT2D eigenvalue weighted by Gasteiger charge is 2.33. The van der Waals surface area contributed by atoms with Crippen LogP contribution in [-0.4, -0.2) is 37.4 Å². The highest BCUT2D eigenvalue weighted by molar-refractivity contribution is 7.89. The molecular weight excluding hydrogens is 230 g/mol. The number of hydrogen-bond acceptors (Lipinski definition) is 4. The lowest BCUT2D eigenvalue weighted by atomic mass is 9.97. The highest BCUT2D eigenvalue weighted by Crippen LogP contribution is 2.20. The van der Waals surface area contributed by atoms with E-state index < -0.39 is 15.6 Å². The van der Waals surface area contributed by atoms with Crippen LogP contribution in [0, 0.1) is 0 Å². The summed E-state index contributed by atoms with van der Waals surface area (Å²) < 4.78 is 31.8. The van der Waals surface area contributed by atoms with Crippen LogP contribution in [0.15, 0.2) is 17.3 Å². The number of rotatable bonds is 3. The molecule has 1 aromatic rings. The molecule has 1 aliphatic rings. The average molecular weight is 245 g/mol. The van der Waals surface area contributed by atoms with E-state index in [2.05, 4.69) is 14.9 Å². The first kappa shape index (κ1) is 11.6. The average Bonchev–Trinajstić information content (AvgIpc) is 2.70. The Labute approximate surface area is 94.4 Å². The standard InChI is InChI=1S/C9H15N3O3S/c1-9(4-2-6-15-7-9)12-16(13,14)8-3-5-10-11-8/h3,5,12H,2,4,6-7H2,1H3,(H,10,11). The number of aromatic amines is 1. The molecule has 7 heteroatoms. The van der Waals surface area contributed by atoms with E-state index in [1.54, 1.807) is 0 Å². The summed E-state index contributed by atoms with van der Waals surface area (Å²) >= 11 is 0. The predicted molar refractivity (Wildman–Crippen MR) is 57.4 cm³/mol. The molecule has 0 amide bonds. The Balaban J connectivity index is 2.14. The molecule has 0 bridgehead atoms. The molecule has 2 rings (SSSR count). The van der Waals surface area contributed by atoms with Gasteiger partial charge in [-0.2, -0.15) is 5.10 Å². The van der Waals surface area contributed by atoms with Crippen LogP contribution < -0.4 is 4.72 Å². The lowest BCUT2D eigenvalue weighted by Crippen LogP contribution is -2.51. The minimum absolute atomic E-state index is 0.0827. The molecule has 2 heterocycles. The largest absolute Gasteiger partial charge is 0.380 e. The molecule has 0 aliphatic carbocycles. The Kier molecular flexibility index (Phi) is 3.00. The molecule has 1 fully saturated rings. The fraction of sp³-hybridized carbons (Fsp3) is 0.667. The van der Waals surface area contributed by atoms with Crippen molar-refractivity contribution in [2.24, 2.45) is 0 Å². The lowest BCUT2D eigenvalue weighted by molar-refractivity contribution is 0.0386. The van der Waals surface area contributed by atoms with Crippen molar-refractivity contribution in [2.45, 2.75) is 30.3 Å². The van der Waals surface area contributed by atoms with Crippen molar-refractivity contribution in [1.82, 2.24) is 14.9 Å². The third-order valence-electron chi connectivity index (χ3n) is 2.58. The summed E-state index contributed by atoms with van der Waals surface area (Å²) in [5.74, 6) is 0. The quantitative estimate of drug-likeness (QED) is 0.800. The molecular formula is C9H15N3O3S. The molecule has 1 aromatic heterocycles. The van der Waals surface area contributed by atoms with Crippen LogP contribution in [0.2, 0.25) is 0 Å². The van der Waals surface area contributed by atoms with Crippen LogP contribution in [0.5, 0.6) is 0 Å². The Bertz CT molecular complexity index is 435. The van der Waals surface area contributed by atoms with Gasteiger partial charge in [-0.15, -0.1) is 0 Å². The Morgan fingerprint density at radius 1 is 1.62 bits per heavy atom. The summed E-state index contributed by atoms with van der Waals surface area (Å²) in [5, 5.41) is 6.15. The van der Waals surface area contributed by atoms with Gasteiger partial charge in [0.2, 0.25) is 0 Å². The van der Waals surface area contributed by atoms with Gasteiger partial charge in [0, 0.05) is 6.61 Å². The van der Waals surface area contributed by atoms with Gasteiger partial charge in [0.05, 0.1) is 18.3 Å². The van der Waals surface area contributed by atoms with Crippen LogP contribution in [0.25, 0.3) is 0 Å². The smallest absolute Gasteiger partial charge is 0.258 e. The van der Waals surface area contributed by atoms with Gasteiger partial charge in [-0.05, 0) is 25.8 Å². The first-order valence-corrected chi connectivity index (χ1v) is 6.61. The molecule has 16 heavy (non-hydrogen) atoms. The summed E-state index contributed by atoms with van der Waals surface area (Å²) in [6.45, 7) is 2.95. The SMILES string of the molecule is CC1(NS(=O)(=O)c2ccn[nH]2)CCCOC1. The second kappa shape index (κ2) is 4.15. The topological polar surface area (TPSA) is 84.1 Å². The van der Waals surface area contributed by atoms with E-state index >= 15 is 0 Å². The molecule has 1 unspecified atom stereocenters. The normalized spacial score (nSPS) is 26.8. The highest BCUT2D eigenvalue weighted by atomic mass is 32.2. The predicted octanol–water partition coefficient (Wildman–Crippen LogP) is 0.257. The van der Waals surface area contributed by atoms with Gasteiger partial charge < -0.3 is 4.74 Å². The van der Waals surface area contributed by atoms with E-state index in [0.29, 0.717) is 13.2 Å². The zero-order chi connectivity index (χ0) is 11.6. The number of hydrogen-bond donors (Lipinski definition) is 2. The van der Waals surface area contributed by atoms with Crippen molar-refractivity contribution in [3.8, 4) is 0 Å². The van der Waals surface area contributed by atoms with Gasteiger partial charge in [0.25, 0.3) is 10.0 Å². The molecule has 90 valence electrons. The lowest BCUT2D eigenvalue weighted by Gasteiger charge is -2.33. The second-order valence-electron chi connectivity index (χ2n) is 4.24. The van der Waals surface area contributed by atoms with Crippen LogP contribution in [-0.2, 0) is 14.8 Å². The maximum Gasteiger partial charge on any atom is 0.258 e. The Morgan fingerprint density at radius 3 is 3.00 bits per heavy atom. The van der Waals surface area contributed by atoms with Crippen LogP contribution in [0.1, 0.15) is 19.8 Å². The van der Waals surface area contributed by atoms with Gasteiger partial charge in [-0.1, -0.05) is 0 Å². The fourth-order valence-electron chi connectivity index (χ4n) is 1.79. The summed E-state index contributed by atoms with van der Waals surface area (Å²) in [7, 11) is -3.52. The van der Waals surface area contributed by atoms with E-state index in [0.717, 1.165) is 12.8 Å². The van der Waals surface area contributed by atoms with Gasteiger partial charge in [0.15, 0.2) is 5.03 Å². The van der Waals surface area contributed by atoms with Crippen molar-refractivity contribution < 1.29 is 13.2 Å². The van der Waals surface area contributed by atoms with E-state index in [1.807, 2.05) is 6.92 Å². The summed E-state index contributed by atoms with van der Waals surface area (Å²) in [6.07, 6.45) is 3.05. The monoisotopic (exact) mass is 245 g/mol. The minimum atomic E-state index is -3.52. The van der Waals surface area contributed by atoms with Crippen LogP contribution in [0.4, 0.5) is 0 Å². The number of aromatic nitrogens is 2. The van der Waals surface area contributed by atoms with Gasteiger partial charge in [-0.3, -0.25) is 5.10 Å². The Morgan fingerprint density at radius 2 is 2.44 bits per heavy atom. The fourth-order valence-corrected chi connectivity index (χ4v) is 3.12. The van der Waals surface area contributed by atoms with Gasteiger partial charge >= 0.3 is 0 Å². The number of H-pyrrole nitrogens is 1. The summed E-state index contributed by atoms with van der Waals surface area (Å²) in [6, 6.07) is 1.43. The third-order valence-corrected chi connectivity index (χ3v) is 4.15. The van der Waals surface area contributed by atoms with Crippen molar-refractivity contribution in [3.05, 3.63) is 12.3 Å². The van der Waals surface area contributed by atoms with Gasteiger partial charge in [-0.25, -0.2) is 13.1 Å². The number of nitrogens with one attached hydrogen (secondary N) is 2. The zero-order valence-electron chi connectivity index (χ0n) is 9.06. The van der Waals surface area contributed by atoms with Crippen molar-refractivity contribution in [2.75, 3.05) is 13.2 Å². The van der Waals surface area contributed by atoms with Crippen molar-refractivity contribution >= 4 is 10.0 Å². The van der Waals surface area contributed by atoms with Crippen LogP contribution >= 0.6 is 0 Å². The van der Waals surface area contributed by atoms with Crippen molar-refractivity contribution in [3.63, 3.8) is 0 Å². The summed E-state index contributed by atoms with van der Waals surface area (Å²) in [5.41, 5.74) is -0.526. The minimum Gasteiger partial charge on any atom is -0.380 e. The number of nitrogens with zero attached hydrogens (tertiary/aromatic N) is 1.